The zero-order chi connectivity index (χ0) is 14.9. The molecule has 7 nitrogen and oxygen atoms in total. The summed E-state index contributed by atoms with van der Waals surface area (Å²) in [4.78, 5) is 22.3. The first kappa shape index (κ1) is 13.7. The minimum absolute atomic E-state index is 0.0654. The average molecular weight is 275 g/mol. The van der Waals surface area contributed by atoms with Crippen molar-refractivity contribution in [3.8, 4) is 11.8 Å². The first-order chi connectivity index (χ1) is 9.45. The summed E-state index contributed by atoms with van der Waals surface area (Å²) in [6.45, 7) is 3.34. The van der Waals surface area contributed by atoms with Crippen molar-refractivity contribution in [2.75, 3.05) is 0 Å². The highest BCUT2D eigenvalue weighted by Crippen LogP contribution is 2.36. The summed E-state index contributed by atoms with van der Waals surface area (Å²) in [6.07, 6.45) is 0. The van der Waals surface area contributed by atoms with Crippen molar-refractivity contribution in [3.05, 3.63) is 23.8 Å². The van der Waals surface area contributed by atoms with Crippen LogP contribution in [0.25, 0.3) is 10.8 Å². The van der Waals surface area contributed by atoms with Gasteiger partial charge in [-0.1, -0.05) is 0 Å². The van der Waals surface area contributed by atoms with E-state index in [2.05, 4.69) is 10.2 Å². The van der Waals surface area contributed by atoms with E-state index >= 15 is 0 Å². The molecule has 20 heavy (non-hydrogen) atoms. The Kier molecular flexibility index (Phi) is 3.51. The molecule has 7 heteroatoms. The predicted molar refractivity (Wildman–Crippen MR) is 70.8 cm³/mol. The first-order valence-corrected chi connectivity index (χ1v) is 5.96. The van der Waals surface area contributed by atoms with Crippen LogP contribution in [-0.4, -0.2) is 26.6 Å². The second kappa shape index (κ2) is 5.12. The van der Waals surface area contributed by atoms with Gasteiger partial charge in [0.1, 0.15) is 0 Å². The van der Waals surface area contributed by atoms with Crippen molar-refractivity contribution in [1.82, 2.24) is 4.57 Å². The van der Waals surface area contributed by atoms with Crippen molar-refractivity contribution in [1.29, 1.82) is 0 Å². The van der Waals surface area contributed by atoms with Crippen LogP contribution in [0.1, 0.15) is 24.2 Å². The van der Waals surface area contributed by atoms with Crippen LogP contribution in [0, 0.1) is 0 Å². The summed E-state index contributed by atoms with van der Waals surface area (Å²) in [6, 6.07) is 4.36. The highest BCUT2D eigenvalue weighted by atomic mass is 16.3. The highest BCUT2D eigenvalue weighted by molar-refractivity contribution is 6.02. The molecule has 0 spiro atoms. The average Bonchev–Trinajstić information content (AvgIpc) is 2.67. The molecule has 1 aromatic carbocycles. The minimum atomic E-state index is -0.690. The molecule has 2 amide bonds. The molecule has 2 N–H and O–H groups in total. The van der Waals surface area contributed by atoms with Gasteiger partial charge in [-0.2, -0.15) is 0 Å². The number of azo groups is 1. The molecule has 1 aromatic heterocycles. The Hall–Kier alpha value is -2.70. The Morgan fingerprint density at radius 1 is 1.15 bits per heavy atom. The molecule has 0 radical (unpaired) electrons. The largest absolute Gasteiger partial charge is 0.494 e. The number of aromatic hydroxyl groups is 2. The summed E-state index contributed by atoms with van der Waals surface area (Å²) in [5, 5.41) is 27.1. The van der Waals surface area contributed by atoms with Crippen molar-refractivity contribution < 1.29 is 19.8 Å². The van der Waals surface area contributed by atoms with Gasteiger partial charge in [0.05, 0.1) is 0 Å². The van der Waals surface area contributed by atoms with Crippen LogP contribution in [0.4, 0.5) is 0 Å². The number of fused-ring (bicyclic) bond motifs is 1. The molecule has 2 aromatic rings. The van der Waals surface area contributed by atoms with E-state index in [1.807, 2.05) is 0 Å². The van der Waals surface area contributed by atoms with Gasteiger partial charge in [-0.25, -0.2) is 0 Å². The van der Waals surface area contributed by atoms with E-state index in [1.54, 1.807) is 6.92 Å². The summed E-state index contributed by atoms with van der Waals surface area (Å²) < 4.78 is 1.32. The molecule has 0 unspecified atom stereocenters. The highest BCUT2D eigenvalue weighted by Gasteiger charge is 2.16. The fraction of sp³-hybridized carbons (Fsp3) is 0.231. The third-order valence-electron chi connectivity index (χ3n) is 2.86. The number of nitrogens with zero attached hydrogens (tertiary/aromatic N) is 3. The van der Waals surface area contributed by atoms with Crippen molar-refractivity contribution in [2.45, 2.75) is 20.4 Å². The van der Waals surface area contributed by atoms with Gasteiger partial charge >= 0.3 is 0 Å². The van der Waals surface area contributed by atoms with Gasteiger partial charge < -0.3 is 10.2 Å². The Labute approximate surface area is 114 Å². The molecular formula is C13H13N3O4. The topological polar surface area (TPSA) is 104 Å². The van der Waals surface area contributed by atoms with E-state index < -0.39 is 11.8 Å². The van der Waals surface area contributed by atoms with E-state index in [-0.39, 0.29) is 17.3 Å². The summed E-state index contributed by atoms with van der Waals surface area (Å²) >= 11 is 0. The number of rotatable bonds is 2. The van der Waals surface area contributed by atoms with E-state index in [9.17, 15) is 19.8 Å². The monoisotopic (exact) mass is 275 g/mol. The smallest absolute Gasteiger partial charge is 0.295 e. The molecule has 0 bridgehead atoms. The van der Waals surface area contributed by atoms with Crippen molar-refractivity contribution in [2.24, 2.45) is 10.2 Å². The Morgan fingerprint density at radius 3 is 2.40 bits per heavy atom. The lowest BCUT2D eigenvalue weighted by Crippen LogP contribution is -1.94. The van der Waals surface area contributed by atoms with Gasteiger partial charge in [0.2, 0.25) is 11.8 Å². The molecule has 0 aliphatic carbocycles. The number of hydrogen-bond donors (Lipinski definition) is 2. The number of carbonyl (C=O) groups excluding carboxylic acids is 2. The van der Waals surface area contributed by atoms with Crippen LogP contribution in [0.2, 0.25) is 0 Å². The third kappa shape index (κ3) is 2.25. The first-order valence-electron chi connectivity index (χ1n) is 5.96. The minimum Gasteiger partial charge on any atom is -0.494 e. The van der Waals surface area contributed by atoms with E-state index in [0.29, 0.717) is 17.3 Å². The maximum absolute atomic E-state index is 11.7. The normalized spacial score (nSPS) is 11.3. The standard InChI is InChI=1S/C13H13N3O4/c1-3-16-12(19)9-5-4-8(6-10(9)13(16)20)11(18)15-14-7(2)17/h4-6,19-20H,3H2,1-2H3. The van der Waals surface area contributed by atoms with E-state index in [0.717, 1.165) is 0 Å². The number of aromatic nitrogens is 1. The quantitative estimate of drug-likeness (QED) is 0.820. The van der Waals surface area contributed by atoms with Gasteiger partial charge in [-0.3, -0.25) is 14.2 Å². The Balaban J connectivity index is 2.51. The Bertz CT molecular complexity index is 731. The second-order valence-corrected chi connectivity index (χ2v) is 4.18. The van der Waals surface area contributed by atoms with Crippen LogP contribution in [0.3, 0.4) is 0 Å². The molecular weight excluding hydrogens is 262 g/mol. The molecule has 1 heterocycles. The van der Waals surface area contributed by atoms with E-state index in [4.69, 9.17) is 0 Å². The summed E-state index contributed by atoms with van der Waals surface area (Å²) in [7, 11) is 0. The fourth-order valence-corrected chi connectivity index (χ4v) is 1.92. The predicted octanol–water partition coefficient (Wildman–Crippen LogP) is 2.21. The maximum Gasteiger partial charge on any atom is 0.295 e. The summed E-state index contributed by atoms with van der Waals surface area (Å²) in [5.41, 5.74) is 0.172. The fourth-order valence-electron chi connectivity index (χ4n) is 1.92. The van der Waals surface area contributed by atoms with Crippen LogP contribution in [0.5, 0.6) is 11.8 Å². The molecule has 0 aliphatic rings. The zero-order valence-electron chi connectivity index (χ0n) is 11.0. The summed E-state index contributed by atoms with van der Waals surface area (Å²) in [5.74, 6) is -1.45. The van der Waals surface area contributed by atoms with Gasteiger partial charge in [0.15, 0.2) is 0 Å². The SMILES string of the molecule is CCn1c(O)c2ccc(C(=O)N=NC(C)=O)cc2c1O. The van der Waals surface area contributed by atoms with Crippen LogP contribution < -0.4 is 0 Å². The maximum atomic E-state index is 11.7. The number of amides is 2. The van der Waals surface area contributed by atoms with Gasteiger partial charge in [-0.05, 0) is 25.1 Å². The molecule has 0 atom stereocenters. The lowest BCUT2D eigenvalue weighted by molar-refractivity contribution is -0.116. The number of hydrogen-bond acceptors (Lipinski definition) is 4. The lowest BCUT2D eigenvalue weighted by Gasteiger charge is -2.00. The van der Waals surface area contributed by atoms with Crippen LogP contribution in [0.15, 0.2) is 28.4 Å². The van der Waals surface area contributed by atoms with Gasteiger partial charge in [0.25, 0.3) is 11.8 Å². The molecule has 104 valence electrons. The molecule has 0 saturated heterocycles. The van der Waals surface area contributed by atoms with Gasteiger partial charge in [-0.15, -0.1) is 10.2 Å². The van der Waals surface area contributed by atoms with Gasteiger partial charge in [0, 0.05) is 29.8 Å². The Morgan fingerprint density at radius 2 is 1.80 bits per heavy atom. The molecule has 2 rings (SSSR count). The van der Waals surface area contributed by atoms with Crippen molar-refractivity contribution >= 4 is 22.6 Å². The van der Waals surface area contributed by atoms with Crippen molar-refractivity contribution in [3.63, 3.8) is 0 Å². The lowest BCUT2D eigenvalue weighted by atomic mass is 10.1. The number of carbonyl (C=O) groups is 2. The third-order valence-corrected chi connectivity index (χ3v) is 2.86. The van der Waals surface area contributed by atoms with Crippen LogP contribution >= 0.6 is 0 Å². The van der Waals surface area contributed by atoms with Crippen LogP contribution in [-0.2, 0) is 11.3 Å². The van der Waals surface area contributed by atoms with E-state index in [1.165, 1.54) is 29.7 Å². The zero-order valence-corrected chi connectivity index (χ0v) is 11.0. The molecule has 0 aliphatic heterocycles. The molecule has 0 fully saturated rings. The number of benzene rings is 1. The molecule has 0 saturated carbocycles. The second-order valence-electron chi connectivity index (χ2n) is 4.18.